The van der Waals surface area contributed by atoms with Crippen molar-refractivity contribution in [3.05, 3.63) is 76.2 Å². The van der Waals surface area contributed by atoms with Crippen molar-refractivity contribution in [2.24, 2.45) is 0 Å². The molecule has 2 aromatic carbocycles. The molecule has 0 saturated carbocycles. The minimum Gasteiger partial charge on any atom is -0.364 e. The van der Waals surface area contributed by atoms with Gasteiger partial charge in [0.25, 0.3) is 11.5 Å². The average molecular weight is 367 g/mol. The lowest BCUT2D eigenvalue weighted by atomic mass is 10.1. The summed E-state index contributed by atoms with van der Waals surface area (Å²) in [6.45, 7) is 0.271. The van der Waals surface area contributed by atoms with E-state index in [0.29, 0.717) is 10.8 Å². The Kier molecular flexibility index (Phi) is 5.23. The summed E-state index contributed by atoms with van der Waals surface area (Å²) in [5, 5.41) is 8.16. The number of amides is 1. The van der Waals surface area contributed by atoms with Gasteiger partial charge in [0.2, 0.25) is 0 Å². The van der Waals surface area contributed by atoms with Gasteiger partial charge in [-0.3, -0.25) is 20.4 Å². The highest BCUT2D eigenvalue weighted by Crippen LogP contribution is 2.13. The van der Waals surface area contributed by atoms with Crippen molar-refractivity contribution in [3.63, 3.8) is 0 Å². The van der Waals surface area contributed by atoms with Crippen LogP contribution in [-0.4, -0.2) is 27.8 Å². The minimum absolute atomic E-state index is 0.141. The zero-order valence-electron chi connectivity index (χ0n) is 14.0. The molecule has 0 spiro atoms. The first-order valence-corrected chi connectivity index (χ1v) is 8.33. The second-order valence-electron chi connectivity index (χ2n) is 5.50. The fourth-order valence-corrected chi connectivity index (χ4v) is 2.55. The predicted octanol–water partition coefficient (Wildman–Crippen LogP) is 1.18. The molecule has 0 atom stereocenters. The van der Waals surface area contributed by atoms with Gasteiger partial charge in [-0.05, 0) is 23.8 Å². The van der Waals surface area contributed by atoms with Crippen LogP contribution in [0.4, 0.5) is 0 Å². The molecule has 1 amide bonds. The fraction of sp³-hybridized carbons (Fsp3) is 0.111. The van der Waals surface area contributed by atoms with Crippen molar-refractivity contribution in [1.82, 2.24) is 25.9 Å². The Hall–Kier alpha value is -3.26. The smallest absolute Gasteiger partial charge is 0.290 e. The number of rotatable bonds is 3. The van der Waals surface area contributed by atoms with Crippen molar-refractivity contribution in [3.8, 4) is 0 Å². The molecule has 3 rings (SSSR count). The van der Waals surface area contributed by atoms with Crippen molar-refractivity contribution in [2.75, 3.05) is 7.05 Å². The van der Waals surface area contributed by atoms with Gasteiger partial charge in [-0.2, -0.15) is 5.10 Å². The van der Waals surface area contributed by atoms with Crippen molar-refractivity contribution >= 4 is 34.0 Å². The Labute approximate surface area is 155 Å². The second kappa shape index (κ2) is 7.75. The number of thiocarbonyl (C=S) groups is 1. The summed E-state index contributed by atoms with van der Waals surface area (Å²) in [6.07, 6.45) is 0. The Morgan fingerprint density at radius 3 is 2.38 bits per heavy atom. The van der Waals surface area contributed by atoms with E-state index in [4.69, 9.17) is 12.2 Å². The molecule has 0 aliphatic rings. The SMILES string of the molecule is CNC(=S)NNC(=O)c1nn(Cc2ccccc2)c(=O)c2ccccc12. The largest absolute Gasteiger partial charge is 0.364 e. The van der Waals surface area contributed by atoms with Crippen LogP contribution in [0.15, 0.2) is 59.4 Å². The van der Waals surface area contributed by atoms with Crippen LogP contribution in [0.25, 0.3) is 10.8 Å². The number of carbonyl (C=O) groups excluding carboxylic acids is 1. The summed E-state index contributed by atoms with van der Waals surface area (Å²) in [7, 11) is 1.63. The molecule has 3 aromatic rings. The Bertz CT molecular complexity index is 1020. The summed E-state index contributed by atoms with van der Waals surface area (Å²) in [4.78, 5) is 25.3. The summed E-state index contributed by atoms with van der Waals surface area (Å²) in [6, 6.07) is 16.4. The highest BCUT2D eigenvalue weighted by atomic mass is 32.1. The number of fused-ring (bicyclic) bond motifs is 1. The van der Waals surface area contributed by atoms with E-state index in [1.165, 1.54) is 4.68 Å². The van der Waals surface area contributed by atoms with Crippen LogP contribution in [0.1, 0.15) is 16.1 Å². The summed E-state index contributed by atoms with van der Waals surface area (Å²) in [5.74, 6) is -0.486. The van der Waals surface area contributed by atoms with Crippen LogP contribution in [0, 0.1) is 0 Å². The number of nitrogens with one attached hydrogen (secondary N) is 3. The normalized spacial score (nSPS) is 10.3. The van der Waals surface area contributed by atoms with Crippen LogP contribution < -0.4 is 21.7 Å². The van der Waals surface area contributed by atoms with E-state index in [-0.39, 0.29) is 22.9 Å². The molecule has 26 heavy (non-hydrogen) atoms. The molecule has 8 heteroatoms. The minimum atomic E-state index is -0.486. The second-order valence-corrected chi connectivity index (χ2v) is 5.91. The van der Waals surface area contributed by atoms with Crippen LogP contribution in [0.5, 0.6) is 0 Å². The molecule has 0 aliphatic carbocycles. The molecule has 132 valence electrons. The van der Waals surface area contributed by atoms with Crippen LogP contribution in [-0.2, 0) is 6.54 Å². The molecule has 7 nitrogen and oxygen atoms in total. The number of carbonyl (C=O) groups is 1. The highest BCUT2D eigenvalue weighted by Gasteiger charge is 2.16. The number of nitrogens with zero attached hydrogens (tertiary/aromatic N) is 2. The van der Waals surface area contributed by atoms with Gasteiger partial charge in [0.1, 0.15) is 0 Å². The molecule has 0 bridgehead atoms. The Balaban J connectivity index is 2.04. The van der Waals surface area contributed by atoms with Crippen molar-refractivity contribution in [2.45, 2.75) is 6.54 Å². The lowest BCUT2D eigenvalue weighted by Crippen LogP contribution is -2.46. The topological polar surface area (TPSA) is 88.0 Å². The van der Waals surface area contributed by atoms with E-state index >= 15 is 0 Å². The first-order valence-electron chi connectivity index (χ1n) is 7.92. The van der Waals surface area contributed by atoms with Gasteiger partial charge in [0, 0.05) is 12.4 Å². The zero-order valence-corrected chi connectivity index (χ0v) is 14.8. The third-order valence-electron chi connectivity index (χ3n) is 3.77. The molecule has 1 heterocycles. The van der Waals surface area contributed by atoms with Gasteiger partial charge in [0.15, 0.2) is 10.8 Å². The molecule has 0 fully saturated rings. The standard InChI is InChI=1S/C18H17N5O2S/c1-19-18(26)21-20-16(24)15-13-9-5-6-10-14(13)17(25)23(22-15)11-12-7-3-2-4-8-12/h2-10H,11H2,1H3,(H,20,24)(H2,19,21,26). The van der Waals surface area contributed by atoms with Gasteiger partial charge in [-0.15, -0.1) is 0 Å². The summed E-state index contributed by atoms with van der Waals surface area (Å²) in [5.41, 5.74) is 5.86. The highest BCUT2D eigenvalue weighted by molar-refractivity contribution is 7.80. The van der Waals surface area contributed by atoms with E-state index in [0.717, 1.165) is 5.56 Å². The number of benzene rings is 2. The molecule has 1 aromatic heterocycles. The summed E-state index contributed by atoms with van der Waals surface area (Å²) >= 11 is 4.94. The van der Waals surface area contributed by atoms with Gasteiger partial charge in [0.05, 0.1) is 11.9 Å². The maximum atomic E-state index is 12.7. The quantitative estimate of drug-likeness (QED) is 0.476. The Morgan fingerprint density at radius 1 is 1.04 bits per heavy atom. The van der Waals surface area contributed by atoms with E-state index in [2.05, 4.69) is 21.3 Å². The molecule has 0 radical (unpaired) electrons. The van der Waals surface area contributed by atoms with Gasteiger partial charge in [-0.25, -0.2) is 4.68 Å². The number of hydrogen-bond donors (Lipinski definition) is 3. The number of hydrogen-bond acceptors (Lipinski definition) is 4. The molecule has 0 saturated heterocycles. The zero-order chi connectivity index (χ0) is 18.5. The lowest BCUT2D eigenvalue weighted by Gasteiger charge is -2.12. The lowest BCUT2D eigenvalue weighted by molar-refractivity contribution is 0.0938. The molecule has 0 unspecified atom stereocenters. The third-order valence-corrected chi connectivity index (χ3v) is 4.08. The molecule has 3 N–H and O–H groups in total. The van der Waals surface area contributed by atoms with Gasteiger partial charge < -0.3 is 5.32 Å². The van der Waals surface area contributed by atoms with E-state index < -0.39 is 5.91 Å². The molecule has 0 aliphatic heterocycles. The maximum Gasteiger partial charge on any atom is 0.290 e. The van der Waals surface area contributed by atoms with Crippen LogP contribution in [0.2, 0.25) is 0 Å². The predicted molar refractivity (Wildman–Crippen MR) is 104 cm³/mol. The van der Waals surface area contributed by atoms with Gasteiger partial charge in [-0.1, -0.05) is 48.5 Å². The third kappa shape index (κ3) is 3.70. The summed E-state index contributed by atoms with van der Waals surface area (Å²) < 4.78 is 1.29. The van der Waals surface area contributed by atoms with Gasteiger partial charge >= 0.3 is 0 Å². The number of aromatic nitrogens is 2. The molecular weight excluding hydrogens is 350 g/mol. The van der Waals surface area contributed by atoms with Crippen molar-refractivity contribution < 1.29 is 4.79 Å². The maximum absolute atomic E-state index is 12.7. The average Bonchev–Trinajstić information content (AvgIpc) is 2.68. The first-order chi connectivity index (χ1) is 12.6. The molecular formula is C18H17N5O2S. The Morgan fingerprint density at radius 2 is 1.69 bits per heavy atom. The van der Waals surface area contributed by atoms with Crippen LogP contribution >= 0.6 is 12.2 Å². The number of hydrazine groups is 1. The van der Waals surface area contributed by atoms with E-state index in [1.54, 1.807) is 31.3 Å². The van der Waals surface area contributed by atoms with Crippen molar-refractivity contribution in [1.29, 1.82) is 0 Å². The monoisotopic (exact) mass is 367 g/mol. The first kappa shape index (κ1) is 17.6. The van der Waals surface area contributed by atoms with Crippen LogP contribution in [0.3, 0.4) is 0 Å². The fourth-order valence-electron chi connectivity index (χ4n) is 2.50. The van der Waals surface area contributed by atoms with E-state index in [1.807, 2.05) is 30.3 Å². The van der Waals surface area contributed by atoms with E-state index in [9.17, 15) is 9.59 Å².